The molecule has 2 N–H and O–H groups in total. The SMILES string of the molecule is CCc1nncn1CCNC(=NCCCSC)NC1CCCC1. The number of aliphatic imine (C=N–C) groups is 1. The molecule has 1 aromatic heterocycles. The number of guanidine groups is 1. The van der Waals surface area contributed by atoms with Crippen molar-refractivity contribution in [2.75, 3.05) is 25.1 Å². The van der Waals surface area contributed by atoms with E-state index in [0.717, 1.165) is 44.3 Å². The van der Waals surface area contributed by atoms with Crippen molar-refractivity contribution in [2.45, 2.75) is 58.0 Å². The molecule has 0 saturated heterocycles. The van der Waals surface area contributed by atoms with Gasteiger partial charge in [0, 0.05) is 32.1 Å². The molecule has 23 heavy (non-hydrogen) atoms. The lowest BCUT2D eigenvalue weighted by atomic mass is 10.2. The third kappa shape index (κ3) is 6.41. The summed E-state index contributed by atoms with van der Waals surface area (Å²) in [6.45, 7) is 4.70. The summed E-state index contributed by atoms with van der Waals surface area (Å²) in [5, 5.41) is 15.2. The summed E-state index contributed by atoms with van der Waals surface area (Å²) >= 11 is 1.88. The summed E-state index contributed by atoms with van der Waals surface area (Å²) in [6.07, 6.45) is 11.2. The number of nitrogens with one attached hydrogen (secondary N) is 2. The van der Waals surface area contributed by atoms with Crippen molar-refractivity contribution < 1.29 is 0 Å². The maximum atomic E-state index is 4.73. The first kappa shape index (κ1) is 18.1. The summed E-state index contributed by atoms with van der Waals surface area (Å²) in [4.78, 5) is 4.73. The van der Waals surface area contributed by atoms with Crippen LogP contribution in [0.25, 0.3) is 0 Å². The van der Waals surface area contributed by atoms with Crippen LogP contribution >= 0.6 is 11.8 Å². The Morgan fingerprint density at radius 3 is 3.00 bits per heavy atom. The lowest BCUT2D eigenvalue weighted by Gasteiger charge is -2.17. The van der Waals surface area contributed by atoms with Gasteiger partial charge in [0.25, 0.3) is 0 Å². The first-order valence-electron chi connectivity index (χ1n) is 8.74. The Labute approximate surface area is 143 Å². The second-order valence-corrected chi connectivity index (χ2v) is 6.91. The van der Waals surface area contributed by atoms with Gasteiger partial charge < -0.3 is 15.2 Å². The summed E-state index contributed by atoms with van der Waals surface area (Å²) in [5.41, 5.74) is 0. The highest BCUT2D eigenvalue weighted by Gasteiger charge is 2.16. The van der Waals surface area contributed by atoms with E-state index in [0.29, 0.717) is 6.04 Å². The maximum absolute atomic E-state index is 4.73. The van der Waals surface area contributed by atoms with E-state index in [2.05, 4.69) is 38.6 Å². The summed E-state index contributed by atoms with van der Waals surface area (Å²) in [6, 6.07) is 0.586. The molecule has 1 aliphatic rings. The van der Waals surface area contributed by atoms with Crippen LogP contribution in [0.2, 0.25) is 0 Å². The van der Waals surface area contributed by atoms with Crippen molar-refractivity contribution >= 4 is 17.7 Å². The smallest absolute Gasteiger partial charge is 0.191 e. The highest BCUT2D eigenvalue weighted by Crippen LogP contribution is 2.17. The van der Waals surface area contributed by atoms with Gasteiger partial charge in [-0.1, -0.05) is 19.8 Å². The van der Waals surface area contributed by atoms with Crippen LogP contribution in [0.5, 0.6) is 0 Å². The number of aromatic nitrogens is 3. The Bertz CT molecular complexity index is 467. The van der Waals surface area contributed by atoms with Crippen LogP contribution in [0.1, 0.15) is 44.9 Å². The number of hydrogen-bond donors (Lipinski definition) is 2. The fourth-order valence-corrected chi connectivity index (χ4v) is 3.27. The summed E-state index contributed by atoms with van der Waals surface area (Å²) in [7, 11) is 0. The van der Waals surface area contributed by atoms with E-state index in [-0.39, 0.29) is 0 Å². The molecular formula is C16H30N6S. The monoisotopic (exact) mass is 338 g/mol. The van der Waals surface area contributed by atoms with E-state index in [9.17, 15) is 0 Å². The predicted octanol–water partition coefficient (Wildman–Crippen LogP) is 2.07. The van der Waals surface area contributed by atoms with E-state index >= 15 is 0 Å². The average molecular weight is 339 g/mol. The van der Waals surface area contributed by atoms with Crippen LogP contribution in [0.3, 0.4) is 0 Å². The topological polar surface area (TPSA) is 67.1 Å². The average Bonchev–Trinajstić information content (AvgIpc) is 3.22. The van der Waals surface area contributed by atoms with Gasteiger partial charge in [-0.2, -0.15) is 11.8 Å². The van der Waals surface area contributed by atoms with Gasteiger partial charge in [0.15, 0.2) is 5.96 Å². The second kappa shape index (κ2) is 10.5. The molecule has 1 aliphatic carbocycles. The van der Waals surface area contributed by atoms with Gasteiger partial charge in [0.05, 0.1) is 0 Å². The fraction of sp³-hybridized carbons (Fsp3) is 0.812. The van der Waals surface area contributed by atoms with E-state index in [1.807, 2.05) is 11.8 Å². The highest BCUT2D eigenvalue weighted by molar-refractivity contribution is 7.98. The summed E-state index contributed by atoms with van der Waals surface area (Å²) < 4.78 is 2.11. The van der Waals surface area contributed by atoms with Gasteiger partial charge in [-0.25, -0.2) is 0 Å². The molecule has 0 spiro atoms. The zero-order valence-corrected chi connectivity index (χ0v) is 15.2. The fourth-order valence-electron chi connectivity index (χ4n) is 2.85. The van der Waals surface area contributed by atoms with Crippen molar-refractivity contribution in [3.05, 3.63) is 12.2 Å². The molecule has 1 fully saturated rings. The Balaban J connectivity index is 1.80. The molecule has 7 heteroatoms. The normalized spacial score (nSPS) is 16.0. The number of rotatable bonds is 9. The van der Waals surface area contributed by atoms with Gasteiger partial charge in [0.1, 0.15) is 12.2 Å². The van der Waals surface area contributed by atoms with Gasteiger partial charge in [-0.3, -0.25) is 4.99 Å². The zero-order chi connectivity index (χ0) is 16.3. The third-order valence-electron chi connectivity index (χ3n) is 4.13. The van der Waals surface area contributed by atoms with Crippen molar-refractivity contribution in [3.63, 3.8) is 0 Å². The minimum Gasteiger partial charge on any atom is -0.355 e. The lowest BCUT2D eigenvalue weighted by Crippen LogP contribution is -2.43. The molecule has 130 valence electrons. The van der Waals surface area contributed by atoms with Crippen LogP contribution in [-0.2, 0) is 13.0 Å². The van der Waals surface area contributed by atoms with Gasteiger partial charge in [0.2, 0.25) is 0 Å². The Morgan fingerprint density at radius 1 is 1.43 bits per heavy atom. The van der Waals surface area contributed by atoms with E-state index in [1.54, 1.807) is 6.33 Å². The second-order valence-electron chi connectivity index (χ2n) is 5.92. The first-order chi connectivity index (χ1) is 11.3. The molecule has 1 saturated carbocycles. The number of nitrogens with zero attached hydrogens (tertiary/aromatic N) is 4. The van der Waals surface area contributed by atoms with Crippen molar-refractivity contribution in [1.82, 2.24) is 25.4 Å². The lowest BCUT2D eigenvalue weighted by molar-refractivity contribution is 0.592. The zero-order valence-electron chi connectivity index (χ0n) is 14.4. The molecule has 0 atom stereocenters. The minimum absolute atomic E-state index is 0.586. The standard InChI is InChI=1S/C16H30N6S/c1-3-15-21-19-13-22(15)11-10-18-16(17-9-6-12-23-2)20-14-7-4-5-8-14/h13-14H,3-12H2,1-2H3,(H2,17,18,20). The van der Waals surface area contributed by atoms with Crippen LogP contribution < -0.4 is 10.6 Å². The van der Waals surface area contributed by atoms with E-state index < -0.39 is 0 Å². The quantitative estimate of drug-likeness (QED) is 0.410. The maximum Gasteiger partial charge on any atom is 0.191 e. The predicted molar refractivity (Wildman–Crippen MR) is 98.1 cm³/mol. The highest BCUT2D eigenvalue weighted by atomic mass is 32.2. The molecule has 0 aliphatic heterocycles. The molecule has 6 nitrogen and oxygen atoms in total. The number of hydrogen-bond acceptors (Lipinski definition) is 4. The minimum atomic E-state index is 0.586. The molecule has 1 heterocycles. The Morgan fingerprint density at radius 2 is 2.26 bits per heavy atom. The van der Waals surface area contributed by atoms with Crippen molar-refractivity contribution in [2.24, 2.45) is 4.99 Å². The molecule has 0 aromatic carbocycles. The Hall–Kier alpha value is -1.24. The van der Waals surface area contributed by atoms with E-state index in [1.165, 1.54) is 31.4 Å². The number of aryl methyl sites for hydroxylation is 1. The molecule has 0 unspecified atom stereocenters. The van der Waals surface area contributed by atoms with Crippen LogP contribution in [0.15, 0.2) is 11.3 Å². The van der Waals surface area contributed by atoms with Gasteiger partial charge >= 0.3 is 0 Å². The third-order valence-corrected chi connectivity index (χ3v) is 4.83. The molecule has 2 rings (SSSR count). The van der Waals surface area contributed by atoms with Gasteiger partial charge in [-0.15, -0.1) is 10.2 Å². The summed E-state index contributed by atoms with van der Waals surface area (Å²) in [5.74, 6) is 3.17. The van der Waals surface area contributed by atoms with Gasteiger partial charge in [-0.05, 0) is 31.3 Å². The van der Waals surface area contributed by atoms with Crippen LogP contribution in [0, 0.1) is 0 Å². The van der Waals surface area contributed by atoms with Crippen molar-refractivity contribution in [1.29, 1.82) is 0 Å². The van der Waals surface area contributed by atoms with Crippen LogP contribution in [0.4, 0.5) is 0 Å². The molecule has 0 bridgehead atoms. The Kier molecular flexibility index (Phi) is 8.28. The molecule has 0 amide bonds. The number of thioether (sulfide) groups is 1. The largest absolute Gasteiger partial charge is 0.355 e. The molecule has 1 aromatic rings. The molecular weight excluding hydrogens is 308 g/mol. The van der Waals surface area contributed by atoms with Crippen molar-refractivity contribution in [3.8, 4) is 0 Å². The van der Waals surface area contributed by atoms with E-state index in [4.69, 9.17) is 4.99 Å². The van der Waals surface area contributed by atoms with Crippen LogP contribution in [-0.4, -0.2) is 51.9 Å². The first-order valence-corrected chi connectivity index (χ1v) is 10.1. The molecule has 0 radical (unpaired) electrons.